The number of aryl methyl sites for hydroxylation is 2. The summed E-state index contributed by atoms with van der Waals surface area (Å²) in [5, 5.41) is 3.11. The van der Waals surface area contributed by atoms with Gasteiger partial charge in [-0.15, -0.1) is 0 Å². The van der Waals surface area contributed by atoms with Crippen LogP contribution < -0.4 is 5.32 Å². The molecule has 1 aromatic carbocycles. The molecule has 1 unspecified atom stereocenters. The highest BCUT2D eigenvalue weighted by atomic mass is 16.2. The van der Waals surface area contributed by atoms with Gasteiger partial charge in [0.1, 0.15) is 0 Å². The zero-order valence-corrected chi connectivity index (χ0v) is 15.6. The first-order chi connectivity index (χ1) is 12.6. The van der Waals surface area contributed by atoms with E-state index in [0.29, 0.717) is 13.0 Å². The molecule has 3 amide bonds. The van der Waals surface area contributed by atoms with Crippen molar-refractivity contribution in [2.45, 2.75) is 51.6 Å². The molecule has 3 rings (SSSR count). The molecule has 0 radical (unpaired) electrons. The van der Waals surface area contributed by atoms with E-state index >= 15 is 0 Å². The number of benzene rings is 1. The lowest BCUT2D eigenvalue weighted by Gasteiger charge is -2.34. The lowest BCUT2D eigenvalue weighted by molar-refractivity contribution is -0.125. The molecule has 0 saturated carbocycles. The van der Waals surface area contributed by atoms with Crippen LogP contribution in [0.1, 0.15) is 43.2 Å². The quantitative estimate of drug-likeness (QED) is 0.797. The van der Waals surface area contributed by atoms with Crippen LogP contribution in [0.5, 0.6) is 0 Å². The molecule has 1 atom stereocenters. The summed E-state index contributed by atoms with van der Waals surface area (Å²) >= 11 is 0. The summed E-state index contributed by atoms with van der Waals surface area (Å²) in [5.74, 6) is -0.0561. The minimum atomic E-state index is -0.234. The number of hydrogen-bond donors (Lipinski definition) is 1. The predicted octanol–water partition coefficient (Wildman–Crippen LogP) is 3.24. The van der Waals surface area contributed by atoms with Crippen molar-refractivity contribution in [3.8, 4) is 0 Å². The molecule has 0 spiro atoms. The minimum Gasteiger partial charge on any atom is -0.322 e. The van der Waals surface area contributed by atoms with Crippen molar-refractivity contribution >= 4 is 11.9 Å². The van der Waals surface area contributed by atoms with E-state index in [1.54, 1.807) is 0 Å². The van der Waals surface area contributed by atoms with Crippen LogP contribution in [0.3, 0.4) is 0 Å². The Kier molecular flexibility index (Phi) is 6.45. The Balaban J connectivity index is 1.57. The van der Waals surface area contributed by atoms with E-state index in [0.717, 1.165) is 45.2 Å². The average molecular weight is 355 g/mol. The van der Waals surface area contributed by atoms with Gasteiger partial charge in [-0.1, -0.05) is 42.0 Å². The van der Waals surface area contributed by atoms with Gasteiger partial charge < -0.3 is 5.32 Å². The molecule has 2 aliphatic heterocycles. The summed E-state index contributed by atoms with van der Waals surface area (Å²) in [6.07, 6.45) is 9.47. The number of carbonyl (C=O) groups is 2. The third kappa shape index (κ3) is 4.94. The van der Waals surface area contributed by atoms with Crippen LogP contribution in [0.25, 0.3) is 0 Å². The van der Waals surface area contributed by atoms with Gasteiger partial charge in [-0.2, -0.15) is 0 Å². The van der Waals surface area contributed by atoms with Crippen LogP contribution >= 0.6 is 0 Å². The van der Waals surface area contributed by atoms with Gasteiger partial charge >= 0.3 is 6.03 Å². The Labute approximate surface area is 156 Å². The molecule has 140 valence electrons. The highest BCUT2D eigenvalue weighted by Crippen LogP contribution is 2.15. The zero-order chi connectivity index (χ0) is 18.4. The van der Waals surface area contributed by atoms with Crippen molar-refractivity contribution in [1.29, 1.82) is 0 Å². The number of amides is 3. The number of imide groups is 1. The standard InChI is InChI=1S/C21H29N3O2/c1-17-10-12-18(13-11-17)7-5-8-19(23-14-3-2-4-15-23)22-21(26)24-16-6-9-20(24)25/h2-3,10-13,19H,4-9,14-16H2,1H3,(H,22,26). The first-order valence-corrected chi connectivity index (χ1v) is 9.69. The van der Waals surface area contributed by atoms with E-state index in [9.17, 15) is 9.59 Å². The summed E-state index contributed by atoms with van der Waals surface area (Å²) < 4.78 is 0. The Bertz CT molecular complexity index is 654. The predicted molar refractivity (Wildman–Crippen MR) is 103 cm³/mol. The molecule has 1 saturated heterocycles. The van der Waals surface area contributed by atoms with Gasteiger partial charge in [0, 0.05) is 26.1 Å². The van der Waals surface area contributed by atoms with Crippen molar-refractivity contribution in [2.75, 3.05) is 19.6 Å². The van der Waals surface area contributed by atoms with E-state index < -0.39 is 0 Å². The molecule has 2 heterocycles. The van der Waals surface area contributed by atoms with Crippen molar-refractivity contribution in [3.63, 3.8) is 0 Å². The Hall–Kier alpha value is -2.14. The lowest BCUT2D eigenvalue weighted by Crippen LogP contribution is -2.53. The van der Waals surface area contributed by atoms with Crippen LogP contribution in [-0.2, 0) is 11.2 Å². The van der Waals surface area contributed by atoms with Crippen molar-refractivity contribution < 1.29 is 9.59 Å². The number of urea groups is 1. The average Bonchev–Trinajstić information content (AvgIpc) is 3.09. The molecule has 1 N–H and O–H groups in total. The van der Waals surface area contributed by atoms with Gasteiger partial charge in [0.25, 0.3) is 0 Å². The third-order valence-electron chi connectivity index (χ3n) is 5.20. The smallest absolute Gasteiger partial charge is 0.322 e. The van der Waals surface area contributed by atoms with E-state index in [4.69, 9.17) is 0 Å². The number of hydrogen-bond acceptors (Lipinski definition) is 3. The van der Waals surface area contributed by atoms with E-state index in [-0.39, 0.29) is 18.1 Å². The van der Waals surface area contributed by atoms with Gasteiger partial charge in [-0.3, -0.25) is 14.6 Å². The Morgan fingerprint density at radius 2 is 2.00 bits per heavy atom. The summed E-state index contributed by atoms with van der Waals surface area (Å²) in [7, 11) is 0. The maximum atomic E-state index is 12.5. The van der Waals surface area contributed by atoms with Gasteiger partial charge in [-0.25, -0.2) is 4.79 Å². The number of carbonyl (C=O) groups excluding carboxylic acids is 2. The van der Waals surface area contributed by atoms with Gasteiger partial charge in [0.2, 0.25) is 5.91 Å². The molecule has 5 nitrogen and oxygen atoms in total. The monoisotopic (exact) mass is 355 g/mol. The van der Waals surface area contributed by atoms with Gasteiger partial charge in [-0.05, 0) is 44.6 Å². The Morgan fingerprint density at radius 3 is 2.65 bits per heavy atom. The maximum absolute atomic E-state index is 12.5. The number of nitrogens with one attached hydrogen (secondary N) is 1. The number of rotatable bonds is 6. The topological polar surface area (TPSA) is 52.7 Å². The van der Waals surface area contributed by atoms with Crippen LogP contribution in [0.4, 0.5) is 4.79 Å². The van der Waals surface area contributed by atoms with Gasteiger partial charge in [0.05, 0.1) is 6.17 Å². The number of nitrogens with zero attached hydrogens (tertiary/aromatic N) is 2. The van der Waals surface area contributed by atoms with Crippen molar-refractivity contribution in [2.24, 2.45) is 0 Å². The first-order valence-electron chi connectivity index (χ1n) is 9.69. The summed E-state index contributed by atoms with van der Waals surface area (Å²) in [5.41, 5.74) is 2.60. The fourth-order valence-corrected chi connectivity index (χ4v) is 3.63. The van der Waals surface area contributed by atoms with Gasteiger partial charge in [0.15, 0.2) is 0 Å². The fraction of sp³-hybridized carbons (Fsp3) is 0.524. The molecule has 1 fully saturated rings. The lowest BCUT2D eigenvalue weighted by atomic mass is 10.0. The second kappa shape index (κ2) is 8.99. The van der Waals surface area contributed by atoms with E-state index in [1.807, 2.05) is 0 Å². The fourth-order valence-electron chi connectivity index (χ4n) is 3.63. The molecule has 1 aromatic rings. The summed E-state index contributed by atoms with van der Waals surface area (Å²) in [6.45, 7) is 4.43. The molecule has 5 heteroatoms. The second-order valence-electron chi connectivity index (χ2n) is 7.25. The molecular weight excluding hydrogens is 326 g/mol. The van der Waals surface area contributed by atoms with Crippen LogP contribution in [0, 0.1) is 6.92 Å². The van der Waals surface area contributed by atoms with Crippen LogP contribution in [-0.4, -0.2) is 47.5 Å². The highest BCUT2D eigenvalue weighted by Gasteiger charge is 2.29. The SMILES string of the molecule is Cc1ccc(CCCC(NC(=O)N2CCCC2=O)N2CC=CCC2)cc1. The first kappa shape index (κ1) is 18.6. The maximum Gasteiger partial charge on any atom is 0.325 e. The largest absolute Gasteiger partial charge is 0.325 e. The summed E-state index contributed by atoms with van der Waals surface area (Å²) in [6, 6.07) is 8.40. The zero-order valence-electron chi connectivity index (χ0n) is 15.6. The van der Waals surface area contributed by atoms with Crippen LogP contribution in [0.15, 0.2) is 36.4 Å². The summed E-state index contributed by atoms with van der Waals surface area (Å²) in [4.78, 5) is 28.0. The molecule has 26 heavy (non-hydrogen) atoms. The molecule has 2 aliphatic rings. The molecular formula is C21H29N3O2. The van der Waals surface area contributed by atoms with Crippen LogP contribution in [0.2, 0.25) is 0 Å². The molecule has 0 aromatic heterocycles. The number of likely N-dealkylation sites (tertiary alicyclic amines) is 1. The highest BCUT2D eigenvalue weighted by molar-refractivity contribution is 5.95. The molecule has 0 aliphatic carbocycles. The Morgan fingerprint density at radius 1 is 1.19 bits per heavy atom. The van der Waals surface area contributed by atoms with Crippen molar-refractivity contribution in [3.05, 3.63) is 47.5 Å². The third-order valence-corrected chi connectivity index (χ3v) is 5.20. The second-order valence-corrected chi connectivity index (χ2v) is 7.25. The molecule has 0 bridgehead atoms. The normalized spacial score (nSPS) is 19.0. The van der Waals surface area contributed by atoms with Crippen molar-refractivity contribution in [1.82, 2.24) is 15.1 Å². The van der Waals surface area contributed by atoms with E-state index in [2.05, 4.69) is 53.6 Å². The van der Waals surface area contributed by atoms with E-state index in [1.165, 1.54) is 16.0 Å². The minimum absolute atomic E-state index is 0.0219.